The van der Waals surface area contributed by atoms with Gasteiger partial charge in [0.05, 0.1) is 16.9 Å². The monoisotopic (exact) mass is 403 g/mol. The molecule has 2 aromatic carbocycles. The number of hydrogen-bond donors (Lipinski definition) is 1. The Morgan fingerprint density at radius 1 is 1.14 bits per heavy atom. The maximum absolute atomic E-state index is 13.4. The van der Waals surface area contributed by atoms with E-state index in [4.69, 9.17) is 9.47 Å². The maximum atomic E-state index is 13.4. The lowest BCUT2D eigenvalue weighted by Crippen LogP contribution is -2.40. The third-order valence-electron chi connectivity index (χ3n) is 4.32. The average molecular weight is 403 g/mol. The van der Waals surface area contributed by atoms with Gasteiger partial charge in [0, 0.05) is 6.07 Å². The van der Waals surface area contributed by atoms with E-state index in [2.05, 4.69) is 10.4 Å². The zero-order valence-electron chi connectivity index (χ0n) is 15.2. The molecule has 0 aliphatic carbocycles. The summed E-state index contributed by atoms with van der Waals surface area (Å²) in [6.07, 6.45) is -5.52. The minimum Gasteiger partial charge on any atom is -0.485 e. The number of alkyl halides is 3. The molecule has 9 heteroatoms. The molecule has 2 heterocycles. The molecule has 0 bridgehead atoms. The number of ether oxygens (including phenoxy) is 2. The largest absolute Gasteiger partial charge is 0.485 e. The lowest BCUT2D eigenvalue weighted by atomic mass is 10.1. The molecule has 150 valence electrons. The SMILES string of the molecule is Cc1cc(NC(=O)C2COc3ccccc3O2)n(-c2ccccc2C(F)(F)F)n1. The summed E-state index contributed by atoms with van der Waals surface area (Å²) >= 11 is 0. The molecule has 0 radical (unpaired) electrons. The normalized spacial score (nSPS) is 15.8. The van der Waals surface area contributed by atoms with Gasteiger partial charge < -0.3 is 14.8 Å². The number of aromatic nitrogens is 2. The molecular weight excluding hydrogens is 387 g/mol. The molecule has 1 N–H and O–H groups in total. The van der Waals surface area contributed by atoms with E-state index >= 15 is 0 Å². The number of carbonyl (C=O) groups excluding carboxylic acids is 1. The Kier molecular flexibility index (Phi) is 4.65. The Balaban J connectivity index is 1.61. The highest BCUT2D eigenvalue weighted by Gasteiger charge is 2.35. The van der Waals surface area contributed by atoms with Crippen molar-refractivity contribution in [2.24, 2.45) is 0 Å². The van der Waals surface area contributed by atoms with Crippen LogP contribution in [-0.4, -0.2) is 28.4 Å². The summed E-state index contributed by atoms with van der Waals surface area (Å²) in [5.41, 5.74) is -0.595. The van der Waals surface area contributed by atoms with Gasteiger partial charge >= 0.3 is 6.18 Å². The van der Waals surface area contributed by atoms with Crippen LogP contribution in [-0.2, 0) is 11.0 Å². The molecule has 1 atom stereocenters. The summed E-state index contributed by atoms with van der Waals surface area (Å²) in [6.45, 7) is 1.61. The third-order valence-corrected chi connectivity index (χ3v) is 4.32. The average Bonchev–Trinajstić information content (AvgIpc) is 3.07. The van der Waals surface area contributed by atoms with Crippen molar-refractivity contribution < 1.29 is 27.4 Å². The molecule has 29 heavy (non-hydrogen) atoms. The molecule has 1 aromatic heterocycles. The molecule has 0 spiro atoms. The summed E-state index contributed by atoms with van der Waals surface area (Å²) < 4.78 is 52.4. The van der Waals surface area contributed by atoms with Gasteiger partial charge in [-0.15, -0.1) is 0 Å². The van der Waals surface area contributed by atoms with Gasteiger partial charge in [0.15, 0.2) is 11.5 Å². The molecule has 0 saturated carbocycles. The van der Waals surface area contributed by atoms with Gasteiger partial charge in [-0.05, 0) is 31.2 Å². The fourth-order valence-corrected chi connectivity index (χ4v) is 3.03. The van der Waals surface area contributed by atoms with Crippen molar-refractivity contribution >= 4 is 11.7 Å². The van der Waals surface area contributed by atoms with Crippen LogP contribution < -0.4 is 14.8 Å². The lowest BCUT2D eigenvalue weighted by molar-refractivity contribution is -0.137. The first-order chi connectivity index (χ1) is 13.8. The van der Waals surface area contributed by atoms with Gasteiger partial charge in [0.25, 0.3) is 5.91 Å². The highest BCUT2D eigenvalue weighted by atomic mass is 19.4. The Morgan fingerprint density at radius 2 is 1.83 bits per heavy atom. The van der Waals surface area contributed by atoms with Crippen LogP contribution in [0.1, 0.15) is 11.3 Å². The number of nitrogens with one attached hydrogen (secondary N) is 1. The predicted octanol–water partition coefficient (Wildman–Crippen LogP) is 3.98. The van der Waals surface area contributed by atoms with Crippen molar-refractivity contribution in [2.75, 3.05) is 11.9 Å². The third kappa shape index (κ3) is 3.75. The first-order valence-electron chi connectivity index (χ1n) is 8.75. The lowest BCUT2D eigenvalue weighted by Gasteiger charge is -2.25. The Bertz CT molecular complexity index is 1060. The zero-order valence-corrected chi connectivity index (χ0v) is 15.2. The fraction of sp³-hybridized carbons (Fsp3) is 0.200. The first-order valence-corrected chi connectivity index (χ1v) is 8.75. The van der Waals surface area contributed by atoms with E-state index in [-0.39, 0.29) is 18.1 Å². The molecule has 0 fully saturated rings. The molecule has 6 nitrogen and oxygen atoms in total. The Hall–Kier alpha value is -3.49. The van der Waals surface area contributed by atoms with E-state index in [0.717, 1.165) is 10.7 Å². The number of amides is 1. The van der Waals surface area contributed by atoms with Crippen molar-refractivity contribution in [3.05, 3.63) is 65.9 Å². The number of aryl methyl sites for hydroxylation is 1. The van der Waals surface area contributed by atoms with Crippen molar-refractivity contribution in [3.63, 3.8) is 0 Å². The minimum absolute atomic E-state index is 0.0187. The fourth-order valence-electron chi connectivity index (χ4n) is 3.03. The van der Waals surface area contributed by atoms with E-state index in [9.17, 15) is 18.0 Å². The molecule has 1 unspecified atom stereocenters. The summed E-state index contributed by atoms with van der Waals surface area (Å²) in [6, 6.07) is 13.4. The molecule has 4 rings (SSSR count). The van der Waals surface area contributed by atoms with Crippen LogP contribution in [0.5, 0.6) is 11.5 Å². The Morgan fingerprint density at radius 3 is 2.59 bits per heavy atom. The number of anilines is 1. The summed E-state index contributed by atoms with van der Waals surface area (Å²) in [4.78, 5) is 12.7. The second kappa shape index (κ2) is 7.16. The van der Waals surface area contributed by atoms with Crippen molar-refractivity contribution in [1.82, 2.24) is 9.78 Å². The van der Waals surface area contributed by atoms with Crippen molar-refractivity contribution in [1.29, 1.82) is 0 Å². The van der Waals surface area contributed by atoms with Crippen molar-refractivity contribution in [2.45, 2.75) is 19.2 Å². The number of nitrogens with zero attached hydrogens (tertiary/aromatic N) is 2. The number of hydrogen-bond acceptors (Lipinski definition) is 4. The minimum atomic E-state index is -4.57. The Labute approximate surface area is 163 Å². The zero-order chi connectivity index (χ0) is 20.6. The van der Waals surface area contributed by atoms with Crippen LogP contribution in [0.25, 0.3) is 5.69 Å². The van der Waals surface area contributed by atoms with Crippen LogP contribution in [0.15, 0.2) is 54.6 Å². The van der Waals surface area contributed by atoms with Crippen LogP contribution >= 0.6 is 0 Å². The van der Waals surface area contributed by atoms with E-state index < -0.39 is 23.8 Å². The van der Waals surface area contributed by atoms with E-state index in [0.29, 0.717) is 17.2 Å². The number of benzene rings is 2. The smallest absolute Gasteiger partial charge is 0.418 e. The highest BCUT2D eigenvalue weighted by molar-refractivity contribution is 5.94. The topological polar surface area (TPSA) is 65.4 Å². The molecule has 1 aliphatic rings. The number of carbonyl (C=O) groups is 1. The van der Waals surface area contributed by atoms with E-state index in [1.807, 2.05) is 0 Å². The second-order valence-corrected chi connectivity index (χ2v) is 6.45. The number of para-hydroxylation sites is 3. The summed E-state index contributed by atoms with van der Waals surface area (Å²) in [5, 5.41) is 6.72. The van der Waals surface area contributed by atoms with Crippen LogP contribution in [0.3, 0.4) is 0 Å². The number of fused-ring (bicyclic) bond motifs is 1. The first kappa shape index (κ1) is 18.9. The number of halogens is 3. The van der Waals surface area contributed by atoms with Crippen LogP contribution in [0, 0.1) is 6.92 Å². The molecule has 1 amide bonds. The van der Waals surface area contributed by atoms with Gasteiger partial charge in [0.2, 0.25) is 6.10 Å². The van der Waals surface area contributed by atoms with Gasteiger partial charge in [-0.1, -0.05) is 24.3 Å². The van der Waals surface area contributed by atoms with Crippen LogP contribution in [0.2, 0.25) is 0 Å². The maximum Gasteiger partial charge on any atom is 0.418 e. The highest BCUT2D eigenvalue weighted by Crippen LogP contribution is 2.35. The number of rotatable bonds is 3. The van der Waals surface area contributed by atoms with Gasteiger partial charge in [-0.3, -0.25) is 4.79 Å². The standard InChI is InChI=1S/C20H16F3N3O3/c1-12-10-18(26(25-12)14-7-3-2-6-13(14)20(21,22)23)24-19(27)17-11-28-15-8-4-5-9-16(15)29-17/h2-10,17H,11H2,1H3,(H,24,27). The second-order valence-electron chi connectivity index (χ2n) is 6.45. The van der Waals surface area contributed by atoms with Gasteiger partial charge in [-0.2, -0.15) is 18.3 Å². The van der Waals surface area contributed by atoms with Crippen LogP contribution in [0.4, 0.5) is 19.0 Å². The van der Waals surface area contributed by atoms with Crippen molar-refractivity contribution in [3.8, 4) is 17.2 Å². The van der Waals surface area contributed by atoms with E-state index in [1.54, 1.807) is 31.2 Å². The molecule has 3 aromatic rings. The molecular formula is C20H16F3N3O3. The summed E-state index contributed by atoms with van der Waals surface area (Å²) in [7, 11) is 0. The predicted molar refractivity (Wildman–Crippen MR) is 98.3 cm³/mol. The van der Waals surface area contributed by atoms with Gasteiger partial charge in [0.1, 0.15) is 12.4 Å². The summed E-state index contributed by atoms with van der Waals surface area (Å²) in [5.74, 6) is 0.499. The van der Waals surface area contributed by atoms with E-state index in [1.165, 1.54) is 24.3 Å². The van der Waals surface area contributed by atoms with Gasteiger partial charge in [-0.25, -0.2) is 4.68 Å². The molecule has 0 saturated heterocycles. The molecule has 1 aliphatic heterocycles. The quantitative estimate of drug-likeness (QED) is 0.719.